The number of rotatable bonds is 1. The van der Waals surface area contributed by atoms with Crippen LogP contribution < -0.4 is 0 Å². The first kappa shape index (κ1) is 6.90. The number of allylic oxidation sites excluding steroid dienone is 2. The van der Waals surface area contributed by atoms with E-state index in [0.29, 0.717) is 0 Å². The molecule has 0 aliphatic heterocycles. The van der Waals surface area contributed by atoms with Crippen molar-refractivity contribution in [2.75, 3.05) is 0 Å². The Labute approximate surface area is 48.4 Å². The Bertz CT molecular complexity index is 162. The summed E-state index contributed by atoms with van der Waals surface area (Å²) in [5, 5.41) is 8.16. The van der Waals surface area contributed by atoms with Crippen molar-refractivity contribution in [3.63, 3.8) is 0 Å². The Morgan fingerprint density at radius 2 is 2.25 bits per heavy atom. The molecule has 42 valence electrons. The molecule has 0 aromatic heterocycles. The van der Waals surface area contributed by atoms with Gasteiger partial charge in [-0.3, -0.25) is 4.79 Å². The highest BCUT2D eigenvalue weighted by atomic mass is 16.1. The van der Waals surface area contributed by atoms with Crippen LogP contribution in [0.2, 0.25) is 0 Å². The average molecular weight is 109 g/mol. The van der Waals surface area contributed by atoms with E-state index in [1.165, 1.54) is 13.0 Å². The van der Waals surface area contributed by atoms with Gasteiger partial charge in [-0.25, -0.2) is 0 Å². The fraction of sp³-hybridized carbons (Fsp3) is 0.333. The van der Waals surface area contributed by atoms with Crippen LogP contribution in [0.1, 0.15) is 13.8 Å². The highest BCUT2D eigenvalue weighted by Gasteiger charge is 1.96. The quantitative estimate of drug-likeness (QED) is 0.373. The number of hydrogen-bond donors (Lipinski definition) is 0. The van der Waals surface area contributed by atoms with E-state index < -0.39 is 0 Å². The molecule has 2 heteroatoms. The number of Topliss-reactive ketones (excluding diaryl/α,β-unsaturated/α-hetero) is 1. The maximum atomic E-state index is 10.3. The topological polar surface area (TPSA) is 40.9 Å². The predicted molar refractivity (Wildman–Crippen MR) is 30.1 cm³/mol. The van der Waals surface area contributed by atoms with Crippen LogP contribution >= 0.6 is 0 Å². The lowest BCUT2D eigenvalue weighted by atomic mass is 10.2. The van der Waals surface area contributed by atoms with Crippen LogP contribution in [0.4, 0.5) is 0 Å². The van der Waals surface area contributed by atoms with Gasteiger partial charge in [-0.15, -0.1) is 0 Å². The minimum Gasteiger partial charge on any atom is -0.294 e. The fourth-order valence-electron chi connectivity index (χ4n) is 0.347. The largest absolute Gasteiger partial charge is 0.294 e. The third-order valence-corrected chi connectivity index (χ3v) is 0.788. The predicted octanol–water partition coefficient (Wildman–Crippen LogP) is 1.05. The molecule has 0 saturated carbocycles. The molecule has 0 rings (SSSR count). The standard InChI is InChI=1S/C6H7NO/c1-3-6(4-7)5(2)8/h3H,1-2H3/b6-3-. The molecule has 0 aromatic carbocycles. The molecule has 0 bridgehead atoms. The van der Waals surface area contributed by atoms with Crippen LogP contribution in [0.15, 0.2) is 11.6 Å². The van der Waals surface area contributed by atoms with Gasteiger partial charge in [0.05, 0.1) is 5.57 Å². The summed E-state index contributed by atoms with van der Waals surface area (Å²) in [6, 6.07) is 1.76. The van der Waals surface area contributed by atoms with Crippen LogP contribution in [0, 0.1) is 11.3 Å². The minimum absolute atomic E-state index is 0.171. The maximum absolute atomic E-state index is 10.3. The SMILES string of the molecule is C/C=C(/C#N)C(C)=O. The van der Waals surface area contributed by atoms with E-state index >= 15 is 0 Å². The molecule has 0 heterocycles. The number of nitriles is 1. The van der Waals surface area contributed by atoms with E-state index in [-0.39, 0.29) is 11.4 Å². The van der Waals surface area contributed by atoms with Crippen molar-refractivity contribution in [3.8, 4) is 6.07 Å². The molecular weight excluding hydrogens is 102 g/mol. The van der Waals surface area contributed by atoms with Gasteiger partial charge in [0.1, 0.15) is 6.07 Å². The van der Waals surface area contributed by atoms with Gasteiger partial charge < -0.3 is 0 Å². The van der Waals surface area contributed by atoms with Crippen LogP contribution in [0.3, 0.4) is 0 Å². The van der Waals surface area contributed by atoms with E-state index in [4.69, 9.17) is 5.26 Å². The summed E-state index contributed by atoms with van der Waals surface area (Å²) in [6.07, 6.45) is 1.50. The highest BCUT2D eigenvalue weighted by molar-refractivity contribution is 5.96. The average Bonchev–Trinajstić information content (AvgIpc) is 1.69. The summed E-state index contributed by atoms with van der Waals surface area (Å²) < 4.78 is 0. The van der Waals surface area contributed by atoms with E-state index in [1.807, 2.05) is 0 Å². The van der Waals surface area contributed by atoms with Crippen molar-refractivity contribution in [3.05, 3.63) is 11.6 Å². The number of carbonyl (C=O) groups excluding carboxylic acids is 1. The first-order chi connectivity index (χ1) is 3.72. The molecule has 0 spiro atoms. The van der Waals surface area contributed by atoms with Crippen molar-refractivity contribution in [1.82, 2.24) is 0 Å². The molecule has 0 aliphatic carbocycles. The monoisotopic (exact) mass is 109 g/mol. The molecule has 0 amide bonds. The van der Waals surface area contributed by atoms with E-state index in [1.54, 1.807) is 13.0 Å². The van der Waals surface area contributed by atoms with Crippen LogP contribution in [0.25, 0.3) is 0 Å². The fourth-order valence-corrected chi connectivity index (χ4v) is 0.347. The van der Waals surface area contributed by atoms with Gasteiger partial charge in [-0.2, -0.15) is 5.26 Å². The van der Waals surface area contributed by atoms with Gasteiger partial charge in [-0.05, 0) is 13.8 Å². The molecule has 2 nitrogen and oxygen atoms in total. The molecule has 0 N–H and O–H groups in total. The molecule has 0 fully saturated rings. The molecule has 0 atom stereocenters. The van der Waals surface area contributed by atoms with Gasteiger partial charge in [0, 0.05) is 0 Å². The number of nitrogens with zero attached hydrogens (tertiary/aromatic N) is 1. The summed E-state index contributed by atoms with van der Waals surface area (Å²) in [5.74, 6) is -0.171. The zero-order valence-electron chi connectivity index (χ0n) is 4.93. The van der Waals surface area contributed by atoms with E-state index in [2.05, 4.69) is 0 Å². The smallest absolute Gasteiger partial charge is 0.169 e. The van der Waals surface area contributed by atoms with Crippen LogP contribution in [0.5, 0.6) is 0 Å². The molecule has 0 aromatic rings. The summed E-state index contributed by atoms with van der Waals surface area (Å²) in [5.41, 5.74) is 0.227. The van der Waals surface area contributed by atoms with Crippen molar-refractivity contribution in [2.45, 2.75) is 13.8 Å². The third-order valence-electron chi connectivity index (χ3n) is 0.788. The van der Waals surface area contributed by atoms with Gasteiger partial charge in [0.15, 0.2) is 5.78 Å². The van der Waals surface area contributed by atoms with Gasteiger partial charge >= 0.3 is 0 Å². The second-order valence-electron chi connectivity index (χ2n) is 1.37. The van der Waals surface area contributed by atoms with Gasteiger partial charge in [0.25, 0.3) is 0 Å². The molecule has 0 unspecified atom stereocenters. The lowest BCUT2D eigenvalue weighted by Crippen LogP contribution is -1.91. The van der Waals surface area contributed by atoms with Crippen LogP contribution in [-0.2, 0) is 4.79 Å². The van der Waals surface area contributed by atoms with Crippen molar-refractivity contribution < 1.29 is 4.79 Å². The summed E-state index contributed by atoms with van der Waals surface area (Å²) in [7, 11) is 0. The molecule has 8 heavy (non-hydrogen) atoms. The first-order valence-electron chi connectivity index (χ1n) is 2.29. The molecule has 0 saturated heterocycles. The van der Waals surface area contributed by atoms with E-state index in [9.17, 15) is 4.79 Å². The number of carbonyl (C=O) groups is 1. The number of hydrogen-bond acceptors (Lipinski definition) is 2. The lowest BCUT2D eigenvalue weighted by Gasteiger charge is -1.82. The zero-order valence-corrected chi connectivity index (χ0v) is 4.93. The normalized spacial score (nSPS) is 10.4. The third kappa shape index (κ3) is 1.57. The lowest BCUT2D eigenvalue weighted by molar-refractivity contribution is -0.113. The second-order valence-corrected chi connectivity index (χ2v) is 1.37. The Balaban J connectivity index is 4.20. The van der Waals surface area contributed by atoms with Crippen LogP contribution in [-0.4, -0.2) is 5.78 Å². The van der Waals surface area contributed by atoms with Gasteiger partial charge in [0.2, 0.25) is 0 Å². The van der Waals surface area contributed by atoms with Crippen molar-refractivity contribution >= 4 is 5.78 Å². The highest BCUT2D eigenvalue weighted by Crippen LogP contribution is 1.90. The second kappa shape index (κ2) is 2.98. The van der Waals surface area contributed by atoms with Gasteiger partial charge in [-0.1, -0.05) is 6.08 Å². The van der Waals surface area contributed by atoms with Crippen molar-refractivity contribution in [2.24, 2.45) is 0 Å². The molecular formula is C6H7NO. The first-order valence-corrected chi connectivity index (χ1v) is 2.29. The Morgan fingerprint density at radius 3 is 2.25 bits per heavy atom. The molecule has 0 aliphatic rings. The maximum Gasteiger partial charge on any atom is 0.169 e. The minimum atomic E-state index is -0.171. The Hall–Kier alpha value is -1.10. The number of ketones is 1. The summed E-state index contributed by atoms with van der Waals surface area (Å²) in [4.78, 5) is 10.3. The Morgan fingerprint density at radius 1 is 1.75 bits per heavy atom. The summed E-state index contributed by atoms with van der Waals surface area (Å²) in [6.45, 7) is 3.04. The van der Waals surface area contributed by atoms with E-state index in [0.717, 1.165) is 0 Å². The molecule has 0 radical (unpaired) electrons. The Kier molecular flexibility index (Phi) is 2.57. The van der Waals surface area contributed by atoms with Crippen molar-refractivity contribution in [1.29, 1.82) is 5.26 Å². The zero-order chi connectivity index (χ0) is 6.57. The summed E-state index contributed by atoms with van der Waals surface area (Å²) >= 11 is 0.